The zero-order chi connectivity index (χ0) is 19.5. The SMILES string of the molecule is Cc1cc(C(=O)CSc2ncccn2)c(C)n1C[C@@H]1COc2ccccc2O1. The molecule has 0 saturated carbocycles. The Balaban J connectivity index is 1.45. The minimum atomic E-state index is -0.102. The van der Waals surface area contributed by atoms with E-state index in [2.05, 4.69) is 14.5 Å². The van der Waals surface area contributed by atoms with Gasteiger partial charge >= 0.3 is 0 Å². The second-order valence-corrected chi connectivity index (χ2v) is 7.58. The first kappa shape index (κ1) is 18.6. The lowest BCUT2D eigenvalue weighted by Gasteiger charge is -2.27. The van der Waals surface area contributed by atoms with Gasteiger partial charge in [0.2, 0.25) is 0 Å². The highest BCUT2D eigenvalue weighted by Crippen LogP contribution is 2.31. The van der Waals surface area contributed by atoms with Gasteiger partial charge in [-0.15, -0.1) is 0 Å². The molecule has 0 amide bonds. The smallest absolute Gasteiger partial charge is 0.187 e. The Bertz CT molecular complexity index is 988. The van der Waals surface area contributed by atoms with Crippen LogP contribution < -0.4 is 9.47 Å². The largest absolute Gasteiger partial charge is 0.486 e. The van der Waals surface area contributed by atoms with Crippen molar-refractivity contribution in [2.45, 2.75) is 31.7 Å². The number of carbonyl (C=O) groups is 1. The summed E-state index contributed by atoms with van der Waals surface area (Å²) in [6.45, 7) is 5.10. The summed E-state index contributed by atoms with van der Waals surface area (Å²) in [5.74, 6) is 1.92. The van der Waals surface area contributed by atoms with Crippen molar-refractivity contribution in [3.8, 4) is 11.5 Å². The fraction of sp³-hybridized carbons (Fsp3) is 0.286. The van der Waals surface area contributed by atoms with Gasteiger partial charge in [0.05, 0.1) is 12.3 Å². The number of ether oxygens (including phenoxy) is 2. The third-order valence-corrected chi connectivity index (χ3v) is 5.58. The van der Waals surface area contributed by atoms with E-state index in [-0.39, 0.29) is 11.9 Å². The van der Waals surface area contributed by atoms with Crippen LogP contribution in [-0.4, -0.2) is 38.8 Å². The summed E-state index contributed by atoms with van der Waals surface area (Å²) >= 11 is 1.35. The van der Waals surface area contributed by atoms with Gasteiger partial charge in [0.1, 0.15) is 6.61 Å². The zero-order valence-corrected chi connectivity index (χ0v) is 16.6. The summed E-state index contributed by atoms with van der Waals surface area (Å²) in [7, 11) is 0. The molecular weight excluding hydrogens is 374 g/mol. The summed E-state index contributed by atoms with van der Waals surface area (Å²) in [6.07, 6.45) is 3.25. The number of nitrogens with zero attached hydrogens (tertiary/aromatic N) is 3. The van der Waals surface area contributed by atoms with E-state index in [0.29, 0.717) is 24.1 Å². The Morgan fingerprint density at radius 1 is 1.18 bits per heavy atom. The fourth-order valence-corrected chi connectivity index (χ4v) is 3.98. The van der Waals surface area contributed by atoms with Crippen LogP contribution in [0.25, 0.3) is 0 Å². The summed E-state index contributed by atoms with van der Waals surface area (Å²) in [5.41, 5.74) is 2.71. The number of thioether (sulfide) groups is 1. The highest BCUT2D eigenvalue weighted by atomic mass is 32.2. The lowest BCUT2D eigenvalue weighted by molar-refractivity contribution is 0.0777. The average molecular weight is 395 g/mol. The fourth-order valence-electron chi connectivity index (χ4n) is 3.29. The lowest BCUT2D eigenvalue weighted by atomic mass is 10.2. The Kier molecular flexibility index (Phi) is 5.34. The van der Waals surface area contributed by atoms with Gasteiger partial charge in [0.25, 0.3) is 0 Å². The van der Waals surface area contributed by atoms with Crippen LogP contribution in [0.1, 0.15) is 21.7 Å². The zero-order valence-electron chi connectivity index (χ0n) is 15.8. The first-order valence-electron chi connectivity index (χ1n) is 9.10. The molecule has 4 rings (SSSR count). The molecule has 1 aliphatic heterocycles. The predicted molar refractivity (Wildman–Crippen MR) is 107 cm³/mol. The second-order valence-electron chi connectivity index (χ2n) is 6.64. The highest BCUT2D eigenvalue weighted by Gasteiger charge is 2.24. The monoisotopic (exact) mass is 395 g/mol. The summed E-state index contributed by atoms with van der Waals surface area (Å²) in [4.78, 5) is 21.0. The molecular formula is C21H21N3O3S. The molecule has 6 nitrogen and oxygen atoms in total. The molecule has 1 aliphatic rings. The Labute approximate surface area is 167 Å². The van der Waals surface area contributed by atoms with E-state index in [1.165, 1.54) is 11.8 Å². The topological polar surface area (TPSA) is 66.2 Å². The molecule has 144 valence electrons. The van der Waals surface area contributed by atoms with E-state index >= 15 is 0 Å². The third-order valence-electron chi connectivity index (χ3n) is 4.70. The third kappa shape index (κ3) is 3.89. The molecule has 2 aromatic heterocycles. The maximum absolute atomic E-state index is 12.7. The number of hydrogen-bond donors (Lipinski definition) is 0. The quantitative estimate of drug-likeness (QED) is 0.360. The molecule has 0 N–H and O–H groups in total. The van der Waals surface area contributed by atoms with Gasteiger partial charge in [-0.05, 0) is 38.1 Å². The number of hydrogen-bond acceptors (Lipinski definition) is 6. The predicted octanol–water partition coefficient (Wildman–Crippen LogP) is 3.71. The van der Waals surface area contributed by atoms with Crippen molar-refractivity contribution in [3.63, 3.8) is 0 Å². The number of ketones is 1. The van der Waals surface area contributed by atoms with Crippen LogP contribution in [0.4, 0.5) is 0 Å². The second kappa shape index (κ2) is 8.06. The molecule has 0 saturated heterocycles. The number of rotatable bonds is 6. The maximum Gasteiger partial charge on any atom is 0.187 e. The Hall–Kier alpha value is -2.80. The van der Waals surface area contributed by atoms with Crippen molar-refractivity contribution in [1.29, 1.82) is 0 Å². The van der Waals surface area contributed by atoms with Gasteiger partial charge in [0.15, 0.2) is 28.5 Å². The van der Waals surface area contributed by atoms with Crippen LogP contribution in [0, 0.1) is 13.8 Å². The van der Waals surface area contributed by atoms with Crippen molar-refractivity contribution in [2.24, 2.45) is 0 Å². The number of aryl methyl sites for hydroxylation is 1. The van der Waals surface area contributed by atoms with Crippen LogP contribution >= 0.6 is 11.8 Å². The first-order chi connectivity index (χ1) is 13.6. The van der Waals surface area contributed by atoms with Crippen LogP contribution in [0.15, 0.2) is 53.9 Å². The molecule has 0 radical (unpaired) electrons. The molecule has 28 heavy (non-hydrogen) atoms. The van der Waals surface area contributed by atoms with Crippen molar-refractivity contribution in [1.82, 2.24) is 14.5 Å². The standard InChI is InChI=1S/C21H21N3O3S/c1-14-10-17(18(25)13-28-21-22-8-5-9-23-21)15(2)24(14)11-16-12-26-19-6-3-4-7-20(19)27-16/h3-10,16H,11-13H2,1-2H3/t16-/m1/s1. The molecule has 3 aromatic rings. The molecule has 0 spiro atoms. The number of fused-ring (bicyclic) bond motifs is 1. The molecule has 0 aliphatic carbocycles. The Morgan fingerprint density at radius 3 is 2.71 bits per heavy atom. The van der Waals surface area contributed by atoms with Crippen LogP contribution in [0.2, 0.25) is 0 Å². The Morgan fingerprint density at radius 2 is 1.93 bits per heavy atom. The maximum atomic E-state index is 12.7. The van der Waals surface area contributed by atoms with E-state index in [9.17, 15) is 4.79 Å². The molecule has 0 unspecified atom stereocenters. The molecule has 0 fully saturated rings. The van der Waals surface area contributed by atoms with E-state index < -0.39 is 0 Å². The van der Waals surface area contributed by atoms with E-state index in [1.807, 2.05) is 44.2 Å². The van der Waals surface area contributed by atoms with Crippen LogP contribution in [0.5, 0.6) is 11.5 Å². The van der Waals surface area contributed by atoms with Gasteiger partial charge in [-0.1, -0.05) is 23.9 Å². The minimum Gasteiger partial charge on any atom is -0.486 e. The molecule has 1 atom stereocenters. The summed E-state index contributed by atoms with van der Waals surface area (Å²) in [6, 6.07) is 11.4. The average Bonchev–Trinajstić information content (AvgIpc) is 3.01. The van der Waals surface area contributed by atoms with Gasteiger partial charge in [-0.3, -0.25) is 4.79 Å². The lowest BCUT2D eigenvalue weighted by Crippen LogP contribution is -2.33. The minimum absolute atomic E-state index is 0.0722. The molecule has 7 heteroatoms. The van der Waals surface area contributed by atoms with E-state index in [1.54, 1.807) is 18.5 Å². The highest BCUT2D eigenvalue weighted by molar-refractivity contribution is 7.99. The van der Waals surface area contributed by atoms with Gasteiger partial charge in [-0.2, -0.15) is 0 Å². The number of Topliss-reactive ketones (excluding diaryl/α,β-unsaturated/α-hetero) is 1. The first-order valence-corrected chi connectivity index (χ1v) is 10.1. The van der Waals surface area contributed by atoms with Crippen molar-refractivity contribution < 1.29 is 14.3 Å². The van der Waals surface area contributed by atoms with Crippen molar-refractivity contribution >= 4 is 17.5 Å². The summed E-state index contributed by atoms with van der Waals surface area (Å²) in [5, 5.41) is 0.607. The van der Waals surface area contributed by atoms with Crippen molar-refractivity contribution in [3.05, 3.63) is 65.7 Å². The summed E-state index contributed by atoms with van der Waals surface area (Å²) < 4.78 is 14.0. The van der Waals surface area contributed by atoms with Crippen LogP contribution in [0.3, 0.4) is 0 Å². The number of carbonyl (C=O) groups excluding carboxylic acids is 1. The van der Waals surface area contributed by atoms with E-state index in [0.717, 1.165) is 28.5 Å². The van der Waals surface area contributed by atoms with Crippen LogP contribution in [-0.2, 0) is 6.54 Å². The molecule has 3 heterocycles. The molecule has 1 aromatic carbocycles. The van der Waals surface area contributed by atoms with E-state index in [4.69, 9.17) is 9.47 Å². The number of aromatic nitrogens is 3. The number of benzene rings is 1. The van der Waals surface area contributed by atoms with Gasteiger partial charge < -0.3 is 14.0 Å². The normalized spacial score (nSPS) is 15.4. The van der Waals surface area contributed by atoms with Gasteiger partial charge in [-0.25, -0.2) is 9.97 Å². The van der Waals surface area contributed by atoms with Gasteiger partial charge in [0, 0.05) is 29.3 Å². The van der Waals surface area contributed by atoms with Crippen molar-refractivity contribution in [2.75, 3.05) is 12.4 Å². The number of para-hydroxylation sites is 2. The molecule has 0 bridgehead atoms.